The number of aryl methyl sites for hydroxylation is 1. The zero-order valence-electron chi connectivity index (χ0n) is 15.6. The van der Waals surface area contributed by atoms with Crippen LogP contribution in [0.1, 0.15) is 32.7 Å². The molecule has 7 heteroatoms. The second-order valence-corrected chi connectivity index (χ2v) is 8.19. The van der Waals surface area contributed by atoms with Gasteiger partial charge in [0.2, 0.25) is 0 Å². The average Bonchev–Trinajstić information content (AvgIpc) is 2.68. The molecule has 28 heavy (non-hydrogen) atoms. The number of ketones is 1. The van der Waals surface area contributed by atoms with Crippen LogP contribution in [0.5, 0.6) is 0 Å². The van der Waals surface area contributed by atoms with Gasteiger partial charge in [-0.3, -0.25) is 14.2 Å². The number of nitrogens with zero attached hydrogens (tertiary/aromatic N) is 2. The van der Waals surface area contributed by atoms with E-state index in [9.17, 15) is 9.59 Å². The van der Waals surface area contributed by atoms with Crippen LogP contribution in [-0.4, -0.2) is 15.3 Å². The van der Waals surface area contributed by atoms with Crippen LogP contribution in [0.15, 0.2) is 52.4 Å². The first kappa shape index (κ1) is 20.6. The Hall–Kier alpha value is -2.08. The molecule has 0 aliphatic rings. The quantitative estimate of drug-likeness (QED) is 0.314. The number of carbonyl (C=O) groups excluding carboxylic acids is 1. The highest BCUT2D eigenvalue weighted by Gasteiger charge is 2.14. The van der Waals surface area contributed by atoms with Gasteiger partial charge in [0, 0.05) is 40.2 Å². The van der Waals surface area contributed by atoms with Gasteiger partial charge in [0.1, 0.15) is 0 Å². The SMILES string of the molecule is Cc1nc(SCc2ccc(C(=O)c3ccc(Cl)cc3Cl)cc2)n(C)c(=O)c1C. The molecule has 0 bridgehead atoms. The summed E-state index contributed by atoms with van der Waals surface area (Å²) in [6.45, 7) is 3.62. The maximum atomic E-state index is 12.6. The molecule has 0 spiro atoms. The van der Waals surface area contributed by atoms with Crippen LogP contribution in [0.25, 0.3) is 0 Å². The van der Waals surface area contributed by atoms with Crippen molar-refractivity contribution in [3.63, 3.8) is 0 Å². The third-order valence-electron chi connectivity index (χ3n) is 4.48. The monoisotopic (exact) mass is 432 g/mol. The maximum Gasteiger partial charge on any atom is 0.257 e. The molecular weight excluding hydrogens is 415 g/mol. The molecule has 0 amide bonds. The standard InChI is InChI=1S/C21H18Cl2N2O2S/c1-12-13(2)24-21(25(3)20(12)27)28-11-14-4-6-15(7-5-14)19(26)17-9-8-16(22)10-18(17)23/h4-10H,11H2,1-3H3. The summed E-state index contributed by atoms with van der Waals surface area (Å²) in [6.07, 6.45) is 0. The number of hydrogen-bond acceptors (Lipinski definition) is 4. The molecule has 2 aromatic carbocycles. The van der Waals surface area contributed by atoms with Gasteiger partial charge >= 0.3 is 0 Å². The highest BCUT2D eigenvalue weighted by Crippen LogP contribution is 2.25. The Morgan fingerprint density at radius 3 is 2.43 bits per heavy atom. The Balaban J connectivity index is 1.75. The van der Waals surface area contributed by atoms with E-state index in [2.05, 4.69) is 4.98 Å². The molecule has 0 atom stereocenters. The van der Waals surface area contributed by atoms with Gasteiger partial charge in [-0.2, -0.15) is 0 Å². The number of halogens is 2. The van der Waals surface area contributed by atoms with Gasteiger partial charge < -0.3 is 0 Å². The molecule has 0 aliphatic carbocycles. The average molecular weight is 433 g/mol. The predicted octanol–water partition coefficient (Wildman–Crippen LogP) is 5.23. The predicted molar refractivity (Wildman–Crippen MR) is 115 cm³/mol. The summed E-state index contributed by atoms with van der Waals surface area (Å²) in [7, 11) is 1.72. The third kappa shape index (κ3) is 4.32. The molecule has 144 valence electrons. The second-order valence-electron chi connectivity index (χ2n) is 6.41. The van der Waals surface area contributed by atoms with Crippen LogP contribution in [0.2, 0.25) is 10.0 Å². The van der Waals surface area contributed by atoms with Crippen molar-refractivity contribution in [1.29, 1.82) is 0 Å². The number of rotatable bonds is 5. The lowest BCUT2D eigenvalue weighted by molar-refractivity contribution is 0.103. The number of hydrogen-bond donors (Lipinski definition) is 0. The minimum absolute atomic E-state index is 0.0317. The first-order valence-electron chi connectivity index (χ1n) is 8.53. The topological polar surface area (TPSA) is 52.0 Å². The lowest BCUT2D eigenvalue weighted by Crippen LogP contribution is -2.23. The minimum Gasteiger partial charge on any atom is -0.291 e. The lowest BCUT2D eigenvalue weighted by Gasteiger charge is -2.10. The highest BCUT2D eigenvalue weighted by molar-refractivity contribution is 7.98. The van der Waals surface area contributed by atoms with E-state index < -0.39 is 0 Å². The summed E-state index contributed by atoms with van der Waals surface area (Å²) in [5, 5.41) is 1.49. The Kier molecular flexibility index (Phi) is 6.28. The first-order chi connectivity index (χ1) is 13.3. The molecule has 0 N–H and O–H groups in total. The van der Waals surface area contributed by atoms with E-state index in [1.54, 1.807) is 48.9 Å². The van der Waals surface area contributed by atoms with Crippen molar-refractivity contribution in [3.05, 3.63) is 90.8 Å². The van der Waals surface area contributed by atoms with Crippen LogP contribution in [-0.2, 0) is 12.8 Å². The Morgan fingerprint density at radius 2 is 1.79 bits per heavy atom. The van der Waals surface area contributed by atoms with E-state index in [0.29, 0.717) is 37.6 Å². The molecule has 0 saturated heterocycles. The van der Waals surface area contributed by atoms with Crippen LogP contribution in [0, 0.1) is 13.8 Å². The molecule has 0 radical (unpaired) electrons. The van der Waals surface area contributed by atoms with Gasteiger partial charge in [0.25, 0.3) is 5.56 Å². The first-order valence-corrected chi connectivity index (χ1v) is 10.3. The fraction of sp³-hybridized carbons (Fsp3) is 0.190. The van der Waals surface area contributed by atoms with Gasteiger partial charge in [-0.15, -0.1) is 0 Å². The molecule has 3 rings (SSSR count). The summed E-state index contributed by atoms with van der Waals surface area (Å²) in [4.78, 5) is 29.3. The second kappa shape index (κ2) is 8.52. The summed E-state index contributed by atoms with van der Waals surface area (Å²) < 4.78 is 1.56. The maximum absolute atomic E-state index is 12.6. The molecule has 0 aliphatic heterocycles. The van der Waals surface area contributed by atoms with E-state index >= 15 is 0 Å². The van der Waals surface area contributed by atoms with Gasteiger partial charge in [0.15, 0.2) is 10.9 Å². The van der Waals surface area contributed by atoms with Crippen LogP contribution in [0.3, 0.4) is 0 Å². The lowest BCUT2D eigenvalue weighted by atomic mass is 10.0. The fourth-order valence-electron chi connectivity index (χ4n) is 2.65. The summed E-state index contributed by atoms with van der Waals surface area (Å²) in [5.41, 5.74) is 3.37. The zero-order chi connectivity index (χ0) is 20.4. The largest absolute Gasteiger partial charge is 0.291 e. The Morgan fingerprint density at radius 1 is 1.11 bits per heavy atom. The number of aromatic nitrogens is 2. The Labute approximate surface area is 177 Å². The number of benzene rings is 2. The van der Waals surface area contributed by atoms with Crippen molar-refractivity contribution < 1.29 is 4.79 Å². The molecule has 4 nitrogen and oxygen atoms in total. The van der Waals surface area contributed by atoms with E-state index in [1.807, 2.05) is 19.1 Å². The van der Waals surface area contributed by atoms with Gasteiger partial charge in [-0.1, -0.05) is 59.2 Å². The fourth-order valence-corrected chi connectivity index (χ4v) is 4.11. The normalized spacial score (nSPS) is 10.9. The Bertz CT molecular complexity index is 1110. The third-order valence-corrected chi connectivity index (χ3v) is 6.13. The highest BCUT2D eigenvalue weighted by atomic mass is 35.5. The van der Waals surface area contributed by atoms with Crippen molar-refractivity contribution in [3.8, 4) is 0 Å². The van der Waals surface area contributed by atoms with Crippen LogP contribution < -0.4 is 5.56 Å². The zero-order valence-corrected chi connectivity index (χ0v) is 18.0. The van der Waals surface area contributed by atoms with Gasteiger partial charge in [-0.25, -0.2) is 4.98 Å². The number of carbonyl (C=O) groups is 1. The van der Waals surface area contributed by atoms with Crippen molar-refractivity contribution in [2.24, 2.45) is 7.05 Å². The van der Waals surface area contributed by atoms with E-state index in [-0.39, 0.29) is 11.3 Å². The van der Waals surface area contributed by atoms with E-state index in [4.69, 9.17) is 23.2 Å². The van der Waals surface area contributed by atoms with Crippen molar-refractivity contribution in [2.45, 2.75) is 24.8 Å². The molecule has 0 fully saturated rings. The summed E-state index contributed by atoms with van der Waals surface area (Å²) in [5.74, 6) is 0.484. The summed E-state index contributed by atoms with van der Waals surface area (Å²) >= 11 is 13.5. The molecule has 1 heterocycles. The van der Waals surface area contributed by atoms with Crippen molar-refractivity contribution >= 4 is 40.7 Å². The molecule has 1 aromatic heterocycles. The molecule has 3 aromatic rings. The van der Waals surface area contributed by atoms with Crippen molar-refractivity contribution in [2.75, 3.05) is 0 Å². The van der Waals surface area contributed by atoms with Crippen LogP contribution in [0.4, 0.5) is 0 Å². The number of thioether (sulfide) groups is 1. The smallest absolute Gasteiger partial charge is 0.257 e. The summed E-state index contributed by atoms with van der Waals surface area (Å²) in [6, 6.07) is 12.2. The van der Waals surface area contributed by atoms with E-state index in [0.717, 1.165) is 11.3 Å². The minimum atomic E-state index is -0.154. The molecule has 0 saturated carbocycles. The van der Waals surface area contributed by atoms with Gasteiger partial charge in [0.05, 0.1) is 5.02 Å². The molecular formula is C21H18Cl2N2O2S. The van der Waals surface area contributed by atoms with Gasteiger partial charge in [-0.05, 0) is 37.6 Å². The van der Waals surface area contributed by atoms with E-state index in [1.165, 1.54) is 11.8 Å². The van der Waals surface area contributed by atoms with Crippen molar-refractivity contribution in [1.82, 2.24) is 9.55 Å². The molecule has 0 unspecified atom stereocenters. The van der Waals surface area contributed by atoms with Crippen LogP contribution >= 0.6 is 35.0 Å².